The monoisotopic (exact) mass is 346 g/mol. The molecule has 2 rings (SSSR count). The summed E-state index contributed by atoms with van der Waals surface area (Å²) < 4.78 is 27.5. The highest BCUT2D eigenvalue weighted by Gasteiger charge is 2.30. The predicted molar refractivity (Wildman–Crippen MR) is 73.9 cm³/mol. The molecule has 100 valence electrons. The van der Waals surface area contributed by atoms with Crippen molar-refractivity contribution < 1.29 is 8.78 Å². The summed E-state index contributed by atoms with van der Waals surface area (Å²) in [7, 11) is 0. The quantitative estimate of drug-likeness (QED) is 0.834. The first-order valence-electron chi connectivity index (χ1n) is 5.39. The zero-order chi connectivity index (χ0) is 14.2. The van der Waals surface area contributed by atoms with E-state index in [0.717, 1.165) is 6.20 Å². The van der Waals surface area contributed by atoms with E-state index >= 15 is 0 Å². The Labute approximate surface area is 122 Å². The van der Waals surface area contributed by atoms with Crippen LogP contribution in [0.1, 0.15) is 18.2 Å². The molecule has 1 aromatic carbocycles. The van der Waals surface area contributed by atoms with Gasteiger partial charge in [-0.25, -0.2) is 8.78 Å². The Morgan fingerprint density at radius 1 is 1.26 bits per heavy atom. The average Bonchev–Trinajstić information content (AvgIpc) is 2.36. The number of hydrogen-bond donors (Lipinski definition) is 1. The van der Waals surface area contributed by atoms with Gasteiger partial charge in [-0.2, -0.15) is 0 Å². The third kappa shape index (κ3) is 2.63. The fourth-order valence-corrected chi connectivity index (χ4v) is 2.22. The molecular formula is C13H10BrClF2N2. The van der Waals surface area contributed by atoms with E-state index in [1.807, 2.05) is 0 Å². The molecule has 2 aromatic rings. The maximum absolute atomic E-state index is 14.2. The normalized spacial score (nSPS) is 14.2. The van der Waals surface area contributed by atoms with E-state index in [4.69, 9.17) is 17.3 Å². The second-order valence-electron chi connectivity index (χ2n) is 4.29. The number of rotatable bonds is 2. The van der Waals surface area contributed by atoms with Crippen molar-refractivity contribution >= 4 is 27.5 Å². The van der Waals surface area contributed by atoms with Crippen LogP contribution in [0.25, 0.3) is 0 Å². The van der Waals surface area contributed by atoms with E-state index in [9.17, 15) is 8.78 Å². The van der Waals surface area contributed by atoms with Gasteiger partial charge in [0, 0.05) is 10.0 Å². The molecule has 0 saturated heterocycles. The molecule has 0 aliphatic carbocycles. The Hall–Kier alpha value is -1.04. The smallest absolute Gasteiger partial charge is 0.148 e. The summed E-state index contributed by atoms with van der Waals surface area (Å²) in [6.45, 7) is 1.59. The largest absolute Gasteiger partial charge is 0.317 e. The molecule has 2 N–H and O–H groups in total. The minimum atomic E-state index is -1.21. The average molecular weight is 348 g/mol. The highest BCUT2D eigenvalue weighted by atomic mass is 79.9. The van der Waals surface area contributed by atoms with E-state index in [1.165, 1.54) is 18.2 Å². The number of aromatic nitrogens is 1. The van der Waals surface area contributed by atoms with Crippen LogP contribution in [0.2, 0.25) is 5.02 Å². The Morgan fingerprint density at radius 3 is 2.53 bits per heavy atom. The number of pyridine rings is 1. The SMILES string of the molecule is CC(N)(c1ccc(F)cn1)c1ccc(Br)c(Cl)c1F. The third-order valence-corrected chi connectivity index (χ3v) is 4.11. The van der Waals surface area contributed by atoms with E-state index in [-0.39, 0.29) is 10.6 Å². The van der Waals surface area contributed by atoms with Crippen LogP contribution in [0.15, 0.2) is 34.9 Å². The van der Waals surface area contributed by atoms with Gasteiger partial charge in [0.25, 0.3) is 0 Å². The Bertz CT molecular complexity index is 615. The van der Waals surface area contributed by atoms with Crippen LogP contribution in [0, 0.1) is 11.6 Å². The number of nitrogens with two attached hydrogens (primary N) is 1. The molecule has 19 heavy (non-hydrogen) atoms. The first kappa shape index (κ1) is 14.4. The molecule has 0 radical (unpaired) electrons. The number of hydrogen-bond acceptors (Lipinski definition) is 2. The summed E-state index contributed by atoms with van der Waals surface area (Å²) in [6.07, 6.45) is 1.04. The summed E-state index contributed by atoms with van der Waals surface area (Å²) >= 11 is 8.98. The molecule has 0 fully saturated rings. The van der Waals surface area contributed by atoms with Gasteiger partial charge < -0.3 is 5.73 Å². The molecule has 1 aromatic heterocycles. The number of nitrogens with zero attached hydrogens (tertiary/aromatic N) is 1. The van der Waals surface area contributed by atoms with Gasteiger partial charge in [-0.05, 0) is 41.1 Å². The molecule has 0 aliphatic heterocycles. The minimum absolute atomic E-state index is 0.0451. The second kappa shape index (κ2) is 5.15. The van der Waals surface area contributed by atoms with Crippen molar-refractivity contribution in [3.63, 3.8) is 0 Å². The lowest BCUT2D eigenvalue weighted by atomic mass is 9.89. The summed E-state index contributed by atoms with van der Waals surface area (Å²) in [5, 5.41) is -0.0451. The molecule has 1 atom stereocenters. The van der Waals surface area contributed by atoms with E-state index in [1.54, 1.807) is 13.0 Å². The maximum atomic E-state index is 14.2. The van der Waals surface area contributed by atoms with Crippen LogP contribution in [-0.4, -0.2) is 4.98 Å². The van der Waals surface area contributed by atoms with Crippen LogP contribution < -0.4 is 5.73 Å². The van der Waals surface area contributed by atoms with Crippen LogP contribution in [0.3, 0.4) is 0 Å². The van der Waals surface area contributed by atoms with Crippen molar-refractivity contribution in [1.82, 2.24) is 4.98 Å². The van der Waals surface area contributed by atoms with Gasteiger partial charge in [0.15, 0.2) is 0 Å². The van der Waals surface area contributed by atoms with Crippen LogP contribution in [0.4, 0.5) is 8.78 Å². The van der Waals surface area contributed by atoms with Crippen molar-refractivity contribution in [2.45, 2.75) is 12.5 Å². The Kier molecular flexibility index (Phi) is 3.90. The summed E-state index contributed by atoms with van der Waals surface area (Å²) in [5.74, 6) is -1.10. The molecule has 2 nitrogen and oxygen atoms in total. The maximum Gasteiger partial charge on any atom is 0.148 e. The van der Waals surface area contributed by atoms with Gasteiger partial charge in [-0.15, -0.1) is 0 Å². The predicted octanol–water partition coefficient (Wildman–Crippen LogP) is 4.00. The Morgan fingerprint density at radius 2 is 1.95 bits per heavy atom. The minimum Gasteiger partial charge on any atom is -0.317 e. The molecule has 6 heteroatoms. The van der Waals surface area contributed by atoms with E-state index in [2.05, 4.69) is 20.9 Å². The number of halogens is 4. The van der Waals surface area contributed by atoms with Crippen molar-refractivity contribution in [3.05, 3.63) is 62.8 Å². The molecule has 1 heterocycles. The Balaban J connectivity index is 2.56. The third-order valence-electron chi connectivity index (χ3n) is 2.85. The first-order valence-corrected chi connectivity index (χ1v) is 6.56. The summed E-state index contributed by atoms with van der Waals surface area (Å²) in [5.41, 5.74) is 5.47. The highest BCUT2D eigenvalue weighted by Crippen LogP contribution is 2.34. The standard InChI is InChI=1S/C13H10BrClF2N2/c1-13(18,10-5-2-7(16)6-19-10)8-3-4-9(14)11(15)12(8)17/h2-6H,18H2,1H3. The van der Waals surface area contributed by atoms with Gasteiger partial charge >= 0.3 is 0 Å². The fraction of sp³-hybridized carbons (Fsp3) is 0.154. The number of benzene rings is 1. The molecular weight excluding hydrogens is 338 g/mol. The lowest BCUT2D eigenvalue weighted by Gasteiger charge is -2.25. The second-order valence-corrected chi connectivity index (χ2v) is 5.52. The van der Waals surface area contributed by atoms with Crippen LogP contribution in [0.5, 0.6) is 0 Å². The molecule has 0 amide bonds. The zero-order valence-electron chi connectivity index (χ0n) is 9.92. The lowest BCUT2D eigenvalue weighted by molar-refractivity contribution is 0.516. The summed E-state index contributed by atoms with van der Waals surface area (Å²) in [6, 6.07) is 5.78. The van der Waals surface area contributed by atoms with Gasteiger partial charge in [0.2, 0.25) is 0 Å². The van der Waals surface area contributed by atoms with E-state index in [0.29, 0.717) is 10.2 Å². The molecule has 0 spiro atoms. The van der Waals surface area contributed by atoms with Crippen molar-refractivity contribution in [2.24, 2.45) is 5.73 Å². The van der Waals surface area contributed by atoms with Crippen LogP contribution in [-0.2, 0) is 5.54 Å². The fourth-order valence-electron chi connectivity index (χ4n) is 1.75. The molecule has 1 unspecified atom stereocenters. The van der Waals surface area contributed by atoms with Gasteiger partial charge in [-0.1, -0.05) is 17.7 Å². The van der Waals surface area contributed by atoms with Crippen molar-refractivity contribution in [3.8, 4) is 0 Å². The van der Waals surface area contributed by atoms with Crippen LogP contribution >= 0.6 is 27.5 Å². The lowest BCUT2D eigenvalue weighted by Crippen LogP contribution is -2.36. The van der Waals surface area contributed by atoms with Crippen molar-refractivity contribution in [1.29, 1.82) is 0 Å². The molecule has 0 bridgehead atoms. The van der Waals surface area contributed by atoms with Gasteiger partial charge in [-0.3, -0.25) is 4.98 Å². The molecule has 0 saturated carbocycles. The van der Waals surface area contributed by atoms with Gasteiger partial charge in [0.05, 0.1) is 22.5 Å². The van der Waals surface area contributed by atoms with Crippen molar-refractivity contribution in [2.75, 3.05) is 0 Å². The van der Waals surface area contributed by atoms with Gasteiger partial charge in [0.1, 0.15) is 11.6 Å². The molecule has 0 aliphatic rings. The summed E-state index contributed by atoms with van der Waals surface area (Å²) in [4.78, 5) is 3.90. The highest BCUT2D eigenvalue weighted by molar-refractivity contribution is 9.10. The first-order chi connectivity index (χ1) is 8.84. The van der Waals surface area contributed by atoms with E-state index < -0.39 is 17.2 Å². The zero-order valence-corrected chi connectivity index (χ0v) is 12.3. The topological polar surface area (TPSA) is 38.9 Å².